The number of nitrogens with zero attached hydrogens (tertiary/aromatic N) is 1. The second kappa shape index (κ2) is 5.14. The molecule has 1 fully saturated rings. The van der Waals surface area contributed by atoms with Gasteiger partial charge >= 0.3 is 0 Å². The monoisotopic (exact) mass is 206 g/mol. The number of ether oxygens (including phenoxy) is 1. The molecule has 0 unspecified atom stereocenters. The molecule has 1 aliphatic heterocycles. The molecule has 0 spiro atoms. The first-order chi connectivity index (χ1) is 7.34. The van der Waals surface area contributed by atoms with Gasteiger partial charge in [-0.1, -0.05) is 18.2 Å². The average molecular weight is 206 g/mol. The van der Waals surface area contributed by atoms with Gasteiger partial charge in [-0.15, -0.1) is 0 Å². The van der Waals surface area contributed by atoms with E-state index in [1.54, 1.807) is 0 Å². The predicted octanol–water partition coefficient (Wildman–Crippen LogP) is 1.10. The van der Waals surface area contributed by atoms with Crippen LogP contribution in [-0.4, -0.2) is 37.2 Å². The third-order valence-electron chi connectivity index (χ3n) is 2.62. The fourth-order valence-corrected chi connectivity index (χ4v) is 1.79. The van der Waals surface area contributed by atoms with Crippen molar-refractivity contribution in [3.63, 3.8) is 0 Å². The van der Waals surface area contributed by atoms with Crippen LogP contribution in [0.15, 0.2) is 30.3 Å². The smallest absolute Gasteiger partial charge is 0.119 e. The van der Waals surface area contributed by atoms with Crippen molar-refractivity contribution in [3.05, 3.63) is 30.3 Å². The summed E-state index contributed by atoms with van der Waals surface area (Å²) in [4.78, 5) is 2.36. The van der Waals surface area contributed by atoms with Gasteiger partial charge in [-0.2, -0.15) is 0 Å². The van der Waals surface area contributed by atoms with E-state index in [1.165, 1.54) is 0 Å². The molecule has 0 saturated carbocycles. The van der Waals surface area contributed by atoms with Gasteiger partial charge in [0.2, 0.25) is 0 Å². The summed E-state index contributed by atoms with van der Waals surface area (Å²) >= 11 is 0. The summed E-state index contributed by atoms with van der Waals surface area (Å²) in [6, 6.07) is 10.3. The van der Waals surface area contributed by atoms with Crippen LogP contribution in [0, 0.1) is 0 Å². The van der Waals surface area contributed by atoms with Crippen LogP contribution < -0.4 is 10.5 Å². The lowest BCUT2D eigenvalue weighted by Crippen LogP contribution is -2.55. The van der Waals surface area contributed by atoms with Crippen LogP contribution in [0.4, 0.5) is 0 Å². The Morgan fingerprint density at radius 1 is 1.27 bits per heavy atom. The summed E-state index contributed by atoms with van der Waals surface area (Å²) < 4.78 is 5.59. The Bertz CT molecular complexity index is 283. The van der Waals surface area contributed by atoms with E-state index in [1.807, 2.05) is 30.3 Å². The topological polar surface area (TPSA) is 38.5 Å². The number of nitrogens with two attached hydrogens (primary N) is 1. The van der Waals surface area contributed by atoms with Crippen molar-refractivity contribution in [2.24, 2.45) is 5.73 Å². The Hall–Kier alpha value is -1.06. The first-order valence-corrected chi connectivity index (χ1v) is 5.50. The van der Waals surface area contributed by atoms with Crippen molar-refractivity contribution in [1.82, 2.24) is 4.90 Å². The molecule has 1 aliphatic rings. The minimum atomic E-state index is 0.403. The van der Waals surface area contributed by atoms with Gasteiger partial charge in [-0.3, -0.25) is 0 Å². The zero-order valence-electron chi connectivity index (χ0n) is 8.93. The highest BCUT2D eigenvalue weighted by molar-refractivity contribution is 5.20. The second-order valence-electron chi connectivity index (χ2n) is 4.03. The Morgan fingerprint density at radius 3 is 2.67 bits per heavy atom. The molecule has 2 rings (SSSR count). The van der Waals surface area contributed by atoms with Gasteiger partial charge in [-0.25, -0.2) is 0 Å². The molecule has 3 nitrogen and oxygen atoms in total. The highest BCUT2D eigenvalue weighted by Crippen LogP contribution is 2.09. The van der Waals surface area contributed by atoms with Crippen molar-refractivity contribution >= 4 is 0 Å². The minimum Gasteiger partial charge on any atom is -0.494 e. The lowest BCUT2D eigenvalue weighted by Gasteiger charge is -2.36. The summed E-state index contributed by atoms with van der Waals surface area (Å²) in [6.45, 7) is 3.98. The highest BCUT2D eigenvalue weighted by Gasteiger charge is 2.21. The first-order valence-electron chi connectivity index (χ1n) is 5.50. The zero-order valence-corrected chi connectivity index (χ0v) is 8.93. The zero-order chi connectivity index (χ0) is 10.5. The van der Waals surface area contributed by atoms with Crippen molar-refractivity contribution in [1.29, 1.82) is 0 Å². The third kappa shape index (κ3) is 3.22. The van der Waals surface area contributed by atoms with Crippen LogP contribution in [0.3, 0.4) is 0 Å². The number of benzene rings is 1. The summed E-state index contributed by atoms with van der Waals surface area (Å²) in [5.41, 5.74) is 5.69. The van der Waals surface area contributed by atoms with E-state index in [0.29, 0.717) is 6.04 Å². The van der Waals surface area contributed by atoms with Crippen LogP contribution in [0.2, 0.25) is 0 Å². The van der Waals surface area contributed by atoms with E-state index in [9.17, 15) is 0 Å². The van der Waals surface area contributed by atoms with E-state index in [-0.39, 0.29) is 0 Å². The standard InChI is InChI=1S/C12H18N2O/c13-11-9-14(10-11)7-4-8-15-12-5-2-1-3-6-12/h1-3,5-6,11H,4,7-10,13H2. The molecule has 3 heteroatoms. The van der Waals surface area contributed by atoms with Gasteiger partial charge < -0.3 is 15.4 Å². The second-order valence-corrected chi connectivity index (χ2v) is 4.03. The van der Waals surface area contributed by atoms with Gasteiger partial charge in [0.05, 0.1) is 6.61 Å². The summed E-state index contributed by atoms with van der Waals surface area (Å²) in [5.74, 6) is 0.956. The van der Waals surface area contributed by atoms with E-state index in [4.69, 9.17) is 10.5 Å². The van der Waals surface area contributed by atoms with Gasteiger partial charge in [0.25, 0.3) is 0 Å². The number of likely N-dealkylation sites (tertiary alicyclic amines) is 1. The molecule has 2 N–H and O–H groups in total. The quantitative estimate of drug-likeness (QED) is 0.733. The van der Waals surface area contributed by atoms with Crippen molar-refractivity contribution in [2.45, 2.75) is 12.5 Å². The van der Waals surface area contributed by atoms with Gasteiger partial charge in [-0.05, 0) is 18.6 Å². The predicted molar refractivity (Wildman–Crippen MR) is 61.0 cm³/mol. The number of hydrogen-bond donors (Lipinski definition) is 1. The average Bonchev–Trinajstić information content (AvgIpc) is 2.23. The first kappa shape index (κ1) is 10.5. The normalized spacial score (nSPS) is 17.4. The van der Waals surface area contributed by atoms with Crippen molar-refractivity contribution < 1.29 is 4.74 Å². The van der Waals surface area contributed by atoms with Gasteiger partial charge in [0.1, 0.15) is 5.75 Å². The molecule has 82 valence electrons. The maximum atomic E-state index is 5.69. The maximum absolute atomic E-state index is 5.69. The van der Waals surface area contributed by atoms with Crippen molar-refractivity contribution in [2.75, 3.05) is 26.2 Å². The Morgan fingerprint density at radius 2 is 2.00 bits per heavy atom. The summed E-state index contributed by atoms with van der Waals surface area (Å²) in [5, 5.41) is 0. The molecular formula is C12H18N2O. The molecule has 1 aromatic rings. The third-order valence-corrected chi connectivity index (χ3v) is 2.62. The van der Waals surface area contributed by atoms with Crippen LogP contribution >= 0.6 is 0 Å². The molecule has 1 heterocycles. The van der Waals surface area contributed by atoms with E-state index < -0.39 is 0 Å². The van der Waals surface area contributed by atoms with Gasteiger partial charge in [0, 0.05) is 25.7 Å². The number of hydrogen-bond acceptors (Lipinski definition) is 3. The number of para-hydroxylation sites is 1. The lowest BCUT2D eigenvalue weighted by molar-refractivity contribution is 0.139. The fourth-order valence-electron chi connectivity index (χ4n) is 1.79. The molecule has 1 saturated heterocycles. The summed E-state index contributed by atoms with van der Waals surface area (Å²) in [7, 11) is 0. The van der Waals surface area contributed by atoms with Crippen LogP contribution in [0.25, 0.3) is 0 Å². The van der Waals surface area contributed by atoms with Crippen molar-refractivity contribution in [3.8, 4) is 5.75 Å². The molecule has 0 radical (unpaired) electrons. The highest BCUT2D eigenvalue weighted by atomic mass is 16.5. The lowest BCUT2D eigenvalue weighted by atomic mass is 10.1. The molecule has 0 atom stereocenters. The van der Waals surface area contributed by atoms with Crippen LogP contribution in [0.5, 0.6) is 5.75 Å². The molecule has 0 aromatic heterocycles. The minimum absolute atomic E-state index is 0.403. The van der Waals surface area contributed by atoms with E-state index >= 15 is 0 Å². The molecule has 1 aromatic carbocycles. The Labute approximate surface area is 90.8 Å². The molecule has 0 amide bonds. The maximum Gasteiger partial charge on any atom is 0.119 e. The van der Waals surface area contributed by atoms with E-state index in [0.717, 1.165) is 38.4 Å². The largest absolute Gasteiger partial charge is 0.494 e. The van der Waals surface area contributed by atoms with E-state index in [2.05, 4.69) is 4.90 Å². The fraction of sp³-hybridized carbons (Fsp3) is 0.500. The Balaban J connectivity index is 1.56. The summed E-state index contributed by atoms with van der Waals surface area (Å²) in [6.07, 6.45) is 1.07. The Kier molecular flexibility index (Phi) is 3.59. The van der Waals surface area contributed by atoms with Crippen LogP contribution in [-0.2, 0) is 0 Å². The van der Waals surface area contributed by atoms with Gasteiger partial charge in [0.15, 0.2) is 0 Å². The SMILES string of the molecule is NC1CN(CCCOc2ccccc2)C1. The molecule has 0 aliphatic carbocycles. The molecule has 15 heavy (non-hydrogen) atoms. The number of rotatable bonds is 5. The molecular weight excluding hydrogens is 188 g/mol. The molecule has 0 bridgehead atoms. The van der Waals surface area contributed by atoms with Crippen LogP contribution in [0.1, 0.15) is 6.42 Å².